The van der Waals surface area contributed by atoms with Crippen molar-refractivity contribution in [3.8, 4) is 0 Å². The molecule has 2 aromatic rings. The van der Waals surface area contributed by atoms with Crippen LogP contribution in [-0.2, 0) is 12.6 Å². The number of aliphatic hydroxyl groups excluding tert-OH is 1. The van der Waals surface area contributed by atoms with Gasteiger partial charge in [-0.05, 0) is 18.4 Å². The molecule has 2 N–H and O–H groups in total. The van der Waals surface area contributed by atoms with Crippen LogP contribution >= 0.6 is 11.8 Å². The molecular weight excluding hydrogens is 284 g/mol. The predicted octanol–water partition coefficient (Wildman–Crippen LogP) is 1.55. The molecule has 112 valence electrons. The second kappa shape index (κ2) is 6.17. The summed E-state index contributed by atoms with van der Waals surface area (Å²) < 4.78 is 1.76. The van der Waals surface area contributed by atoms with E-state index in [1.165, 1.54) is 12.8 Å². The Bertz CT molecular complexity index is 584. The van der Waals surface area contributed by atoms with E-state index in [0.29, 0.717) is 6.04 Å². The summed E-state index contributed by atoms with van der Waals surface area (Å²) in [5, 5.41) is 18.7. The molecule has 1 heterocycles. The van der Waals surface area contributed by atoms with Gasteiger partial charge in [-0.15, -0.1) is 0 Å². The molecule has 0 bridgehead atoms. The van der Waals surface area contributed by atoms with E-state index in [0.717, 1.165) is 16.5 Å². The lowest BCUT2D eigenvalue weighted by atomic mass is 9.92. The highest BCUT2D eigenvalue weighted by molar-refractivity contribution is 7.99. The topological polar surface area (TPSA) is 63.0 Å². The third-order valence-corrected chi connectivity index (χ3v) is 5.04. The molecule has 0 radical (unpaired) electrons. The molecule has 1 aliphatic rings. The molecule has 1 unspecified atom stereocenters. The summed E-state index contributed by atoms with van der Waals surface area (Å²) in [6.45, 7) is 0.0678. The fourth-order valence-electron chi connectivity index (χ4n) is 2.37. The number of benzene rings is 1. The molecule has 1 aromatic carbocycles. The van der Waals surface area contributed by atoms with Crippen LogP contribution in [0.2, 0.25) is 0 Å². The smallest absolute Gasteiger partial charge is 0.185 e. The Kier molecular flexibility index (Phi) is 4.28. The number of hydrogen-bond donors (Lipinski definition) is 2. The number of hydrogen-bond acceptors (Lipinski definition) is 5. The van der Waals surface area contributed by atoms with E-state index >= 15 is 0 Å². The zero-order valence-electron chi connectivity index (χ0n) is 12.1. The number of aromatic nitrogens is 3. The monoisotopic (exact) mass is 304 g/mol. The van der Waals surface area contributed by atoms with Crippen molar-refractivity contribution in [2.24, 2.45) is 7.05 Å². The first-order valence-electron chi connectivity index (χ1n) is 7.14. The minimum absolute atomic E-state index is 0.0678. The maximum atomic E-state index is 10.1. The summed E-state index contributed by atoms with van der Waals surface area (Å²) in [7, 11) is 1.88. The lowest BCUT2D eigenvalue weighted by Crippen LogP contribution is -2.49. The lowest BCUT2D eigenvalue weighted by Gasteiger charge is -2.33. The van der Waals surface area contributed by atoms with Gasteiger partial charge in [0.2, 0.25) is 0 Å². The molecule has 0 amide bonds. The van der Waals surface area contributed by atoms with E-state index in [4.69, 9.17) is 0 Å². The second-order valence-electron chi connectivity index (χ2n) is 5.48. The number of thioether (sulfide) groups is 1. The Morgan fingerprint density at radius 2 is 2.14 bits per heavy atom. The SMILES string of the molecule is Cn1ncnc1SCC(CO)(NC1CC1)c1ccccc1. The molecule has 3 rings (SSSR count). The van der Waals surface area contributed by atoms with Crippen molar-refractivity contribution >= 4 is 11.8 Å². The first-order chi connectivity index (χ1) is 10.2. The molecule has 1 aromatic heterocycles. The van der Waals surface area contributed by atoms with Crippen LogP contribution in [0.25, 0.3) is 0 Å². The van der Waals surface area contributed by atoms with Crippen LogP contribution < -0.4 is 5.32 Å². The van der Waals surface area contributed by atoms with Crippen molar-refractivity contribution in [1.29, 1.82) is 0 Å². The van der Waals surface area contributed by atoms with Gasteiger partial charge in [0.1, 0.15) is 6.33 Å². The number of rotatable bonds is 7. The van der Waals surface area contributed by atoms with Gasteiger partial charge in [-0.3, -0.25) is 0 Å². The molecule has 1 atom stereocenters. The van der Waals surface area contributed by atoms with Gasteiger partial charge in [0.25, 0.3) is 0 Å². The first kappa shape index (κ1) is 14.6. The van der Waals surface area contributed by atoms with Crippen LogP contribution in [0.5, 0.6) is 0 Å². The molecule has 21 heavy (non-hydrogen) atoms. The van der Waals surface area contributed by atoms with Gasteiger partial charge in [0, 0.05) is 18.8 Å². The normalized spacial score (nSPS) is 17.6. The average Bonchev–Trinajstić information content (AvgIpc) is 3.25. The van der Waals surface area contributed by atoms with E-state index in [1.54, 1.807) is 22.8 Å². The van der Waals surface area contributed by atoms with Gasteiger partial charge in [0.15, 0.2) is 5.16 Å². The highest BCUT2D eigenvalue weighted by Crippen LogP contribution is 2.33. The van der Waals surface area contributed by atoms with E-state index < -0.39 is 5.54 Å². The lowest BCUT2D eigenvalue weighted by molar-refractivity contribution is 0.177. The molecule has 1 fully saturated rings. The second-order valence-corrected chi connectivity index (χ2v) is 6.42. The van der Waals surface area contributed by atoms with Gasteiger partial charge in [0.05, 0.1) is 12.1 Å². The Hall–Kier alpha value is -1.37. The Morgan fingerprint density at radius 1 is 1.38 bits per heavy atom. The number of aryl methyl sites for hydroxylation is 1. The standard InChI is InChI=1S/C15H20N4OS/c1-19-14(16-11-17-19)21-10-15(9-20,18-13-7-8-13)12-5-3-2-4-6-12/h2-6,11,13,18,20H,7-10H2,1H3. The largest absolute Gasteiger partial charge is 0.394 e. The van der Waals surface area contributed by atoms with E-state index in [-0.39, 0.29) is 6.61 Å². The first-order valence-corrected chi connectivity index (χ1v) is 8.13. The van der Waals surface area contributed by atoms with Crippen LogP contribution in [0.4, 0.5) is 0 Å². The fraction of sp³-hybridized carbons (Fsp3) is 0.467. The van der Waals surface area contributed by atoms with Crippen molar-refractivity contribution < 1.29 is 5.11 Å². The Labute approximate surface area is 128 Å². The minimum atomic E-state index is -0.432. The summed E-state index contributed by atoms with van der Waals surface area (Å²) in [6.07, 6.45) is 3.92. The van der Waals surface area contributed by atoms with Crippen molar-refractivity contribution in [3.63, 3.8) is 0 Å². The molecular formula is C15H20N4OS. The molecule has 6 heteroatoms. The van der Waals surface area contributed by atoms with E-state index in [2.05, 4.69) is 27.5 Å². The summed E-state index contributed by atoms with van der Waals surface area (Å²) in [5.41, 5.74) is 0.688. The van der Waals surface area contributed by atoms with Crippen LogP contribution in [0.15, 0.2) is 41.8 Å². The molecule has 5 nitrogen and oxygen atoms in total. The maximum absolute atomic E-state index is 10.1. The molecule has 0 saturated heterocycles. The molecule has 1 saturated carbocycles. The number of aliphatic hydroxyl groups is 1. The van der Waals surface area contributed by atoms with Crippen LogP contribution in [0.1, 0.15) is 18.4 Å². The number of nitrogens with zero attached hydrogens (tertiary/aromatic N) is 3. The Morgan fingerprint density at radius 3 is 2.71 bits per heavy atom. The van der Waals surface area contributed by atoms with Crippen molar-refractivity contribution in [2.45, 2.75) is 29.6 Å². The third kappa shape index (κ3) is 3.28. The summed E-state index contributed by atoms with van der Waals surface area (Å²) in [6, 6.07) is 10.7. The summed E-state index contributed by atoms with van der Waals surface area (Å²) >= 11 is 1.62. The van der Waals surface area contributed by atoms with Gasteiger partial charge in [-0.1, -0.05) is 42.1 Å². The zero-order chi connectivity index (χ0) is 14.7. The number of nitrogens with one attached hydrogen (secondary N) is 1. The predicted molar refractivity (Wildman–Crippen MR) is 83.1 cm³/mol. The maximum Gasteiger partial charge on any atom is 0.185 e. The van der Waals surface area contributed by atoms with Crippen LogP contribution in [-0.4, -0.2) is 38.3 Å². The van der Waals surface area contributed by atoms with Crippen LogP contribution in [0, 0.1) is 0 Å². The van der Waals surface area contributed by atoms with E-state index in [9.17, 15) is 5.11 Å². The van der Waals surface area contributed by atoms with Gasteiger partial charge >= 0.3 is 0 Å². The zero-order valence-corrected chi connectivity index (χ0v) is 12.9. The molecule has 1 aliphatic carbocycles. The van der Waals surface area contributed by atoms with E-state index in [1.807, 2.05) is 25.2 Å². The third-order valence-electron chi connectivity index (χ3n) is 3.77. The molecule has 0 aliphatic heterocycles. The fourth-order valence-corrected chi connectivity index (χ4v) is 3.44. The highest BCUT2D eigenvalue weighted by Gasteiger charge is 2.37. The van der Waals surface area contributed by atoms with Crippen molar-refractivity contribution in [2.75, 3.05) is 12.4 Å². The highest BCUT2D eigenvalue weighted by atomic mass is 32.2. The minimum Gasteiger partial charge on any atom is -0.394 e. The quantitative estimate of drug-likeness (QED) is 0.760. The van der Waals surface area contributed by atoms with Crippen LogP contribution in [0.3, 0.4) is 0 Å². The average molecular weight is 304 g/mol. The van der Waals surface area contributed by atoms with Gasteiger partial charge in [-0.25, -0.2) is 9.67 Å². The Balaban J connectivity index is 1.82. The summed E-state index contributed by atoms with van der Waals surface area (Å²) in [5.74, 6) is 0.719. The van der Waals surface area contributed by atoms with Crippen molar-refractivity contribution in [1.82, 2.24) is 20.1 Å². The van der Waals surface area contributed by atoms with Gasteiger partial charge in [-0.2, -0.15) is 5.10 Å². The molecule has 0 spiro atoms. The summed E-state index contributed by atoms with van der Waals surface area (Å²) in [4.78, 5) is 4.25. The van der Waals surface area contributed by atoms with Gasteiger partial charge < -0.3 is 10.4 Å². The van der Waals surface area contributed by atoms with Crippen molar-refractivity contribution in [3.05, 3.63) is 42.2 Å².